The Kier molecular flexibility index (Phi) is 6.04. The number of piperidine rings is 1. The number of aromatic nitrogens is 3. The number of hydrogen-bond donors (Lipinski definition) is 1. The first-order valence-corrected chi connectivity index (χ1v) is 12.9. The standard InChI is InChI=1S/C30H30N6O2/c1-2-26(37)35-16-14-30(15-17-35)19-34(20-30)18-21-8-10-22(11-9-21)27-28(23-6-4-3-5-7-23)36-25(32-27)13-12-24(33-36)29(31)38/h2-13H,1,14-20H2,(H2,31,38). The highest BCUT2D eigenvalue weighted by Crippen LogP contribution is 2.41. The summed E-state index contributed by atoms with van der Waals surface area (Å²) in [5, 5.41) is 4.48. The van der Waals surface area contributed by atoms with Gasteiger partial charge in [0, 0.05) is 43.9 Å². The number of hydrogen-bond acceptors (Lipinski definition) is 5. The van der Waals surface area contributed by atoms with Gasteiger partial charge in [0.2, 0.25) is 5.91 Å². The van der Waals surface area contributed by atoms with E-state index in [0.29, 0.717) is 11.1 Å². The molecule has 2 aliphatic heterocycles. The number of carbonyl (C=O) groups excluding carboxylic acids is 2. The van der Waals surface area contributed by atoms with Gasteiger partial charge in [-0.2, -0.15) is 5.10 Å². The monoisotopic (exact) mass is 506 g/mol. The van der Waals surface area contributed by atoms with E-state index in [-0.39, 0.29) is 11.6 Å². The van der Waals surface area contributed by atoms with E-state index in [1.54, 1.807) is 16.6 Å². The van der Waals surface area contributed by atoms with Crippen molar-refractivity contribution in [1.82, 2.24) is 24.4 Å². The fourth-order valence-electron chi connectivity index (χ4n) is 5.81. The predicted octanol–water partition coefficient (Wildman–Crippen LogP) is 3.77. The Bertz CT molecular complexity index is 1510. The average molecular weight is 507 g/mol. The van der Waals surface area contributed by atoms with Crippen LogP contribution in [0.25, 0.3) is 28.2 Å². The molecule has 0 bridgehead atoms. The molecule has 4 aromatic rings. The normalized spacial score (nSPS) is 16.9. The van der Waals surface area contributed by atoms with Crippen LogP contribution in [0.5, 0.6) is 0 Å². The molecule has 2 N–H and O–H groups in total. The summed E-state index contributed by atoms with van der Waals surface area (Å²) in [6.45, 7) is 8.30. The van der Waals surface area contributed by atoms with E-state index in [9.17, 15) is 9.59 Å². The van der Waals surface area contributed by atoms with Gasteiger partial charge in [0.25, 0.3) is 5.91 Å². The molecule has 8 nitrogen and oxygen atoms in total. The van der Waals surface area contributed by atoms with E-state index in [4.69, 9.17) is 10.7 Å². The van der Waals surface area contributed by atoms with Gasteiger partial charge in [-0.25, -0.2) is 9.50 Å². The van der Waals surface area contributed by atoms with E-state index in [1.165, 1.54) is 11.6 Å². The van der Waals surface area contributed by atoms with Crippen molar-refractivity contribution in [3.8, 4) is 22.5 Å². The largest absolute Gasteiger partial charge is 0.364 e. The van der Waals surface area contributed by atoms with Crippen LogP contribution in [0.15, 0.2) is 79.4 Å². The Morgan fingerprint density at radius 2 is 1.66 bits per heavy atom. The lowest BCUT2D eigenvalue weighted by atomic mass is 9.72. The zero-order valence-corrected chi connectivity index (χ0v) is 21.2. The Morgan fingerprint density at radius 1 is 0.947 bits per heavy atom. The fourth-order valence-corrected chi connectivity index (χ4v) is 5.81. The second kappa shape index (κ2) is 9.54. The van der Waals surface area contributed by atoms with Crippen molar-refractivity contribution in [3.05, 3.63) is 90.6 Å². The summed E-state index contributed by atoms with van der Waals surface area (Å²) in [5.41, 5.74) is 11.5. The zero-order chi connectivity index (χ0) is 26.3. The molecule has 2 aromatic carbocycles. The molecule has 0 saturated carbocycles. The maximum absolute atomic E-state index is 11.9. The maximum atomic E-state index is 11.9. The quantitative estimate of drug-likeness (QED) is 0.402. The average Bonchev–Trinajstić information content (AvgIpc) is 3.32. The zero-order valence-electron chi connectivity index (χ0n) is 21.2. The third-order valence-corrected chi connectivity index (χ3v) is 7.84. The van der Waals surface area contributed by atoms with Crippen molar-refractivity contribution in [2.24, 2.45) is 11.1 Å². The summed E-state index contributed by atoms with van der Waals surface area (Å²) < 4.78 is 1.70. The summed E-state index contributed by atoms with van der Waals surface area (Å²) in [5.74, 6) is -0.532. The number of imidazole rings is 1. The Hall–Kier alpha value is -4.30. The molecule has 8 heteroatoms. The Labute approximate surface area is 221 Å². The van der Waals surface area contributed by atoms with Gasteiger partial charge in [0.15, 0.2) is 5.65 Å². The highest BCUT2D eigenvalue weighted by atomic mass is 16.2. The van der Waals surface area contributed by atoms with Crippen molar-refractivity contribution < 1.29 is 9.59 Å². The molecule has 6 rings (SSSR count). The fraction of sp³-hybridized carbons (Fsp3) is 0.267. The van der Waals surface area contributed by atoms with E-state index < -0.39 is 5.91 Å². The van der Waals surface area contributed by atoms with Crippen molar-refractivity contribution in [2.75, 3.05) is 26.2 Å². The molecule has 4 heterocycles. The van der Waals surface area contributed by atoms with Gasteiger partial charge in [-0.05, 0) is 42.0 Å². The van der Waals surface area contributed by atoms with Crippen molar-refractivity contribution in [1.29, 1.82) is 0 Å². The lowest BCUT2D eigenvalue weighted by molar-refractivity contribution is -0.131. The highest BCUT2D eigenvalue weighted by Gasteiger charge is 2.44. The van der Waals surface area contributed by atoms with Crippen LogP contribution < -0.4 is 5.73 Å². The molecule has 2 fully saturated rings. The summed E-state index contributed by atoms with van der Waals surface area (Å²) in [6, 6.07) is 21.8. The number of benzene rings is 2. The van der Waals surface area contributed by atoms with Crippen LogP contribution in [0.1, 0.15) is 28.9 Å². The van der Waals surface area contributed by atoms with E-state index in [0.717, 1.165) is 68.1 Å². The Balaban J connectivity index is 1.20. The van der Waals surface area contributed by atoms with Crippen LogP contribution >= 0.6 is 0 Å². The first kappa shape index (κ1) is 24.1. The molecule has 0 radical (unpaired) electrons. The summed E-state index contributed by atoms with van der Waals surface area (Å²) in [4.78, 5) is 32.9. The van der Waals surface area contributed by atoms with Crippen LogP contribution in [-0.4, -0.2) is 62.4 Å². The SMILES string of the molecule is C=CC(=O)N1CCC2(CC1)CN(Cc1ccc(-c3nc4ccc(C(N)=O)nn4c3-c3ccccc3)cc1)C2. The number of amides is 2. The van der Waals surface area contributed by atoms with Crippen LogP contribution in [0.3, 0.4) is 0 Å². The molecule has 2 aliphatic rings. The lowest BCUT2D eigenvalue weighted by Crippen LogP contribution is -2.60. The number of primary amides is 1. The van der Waals surface area contributed by atoms with Crippen LogP contribution in [-0.2, 0) is 11.3 Å². The van der Waals surface area contributed by atoms with E-state index in [2.05, 4.69) is 40.8 Å². The number of fused-ring (bicyclic) bond motifs is 1. The van der Waals surface area contributed by atoms with Crippen LogP contribution in [0, 0.1) is 5.41 Å². The number of nitrogens with two attached hydrogens (primary N) is 1. The minimum atomic E-state index is -0.575. The molecule has 192 valence electrons. The summed E-state index contributed by atoms with van der Waals surface area (Å²) >= 11 is 0. The van der Waals surface area contributed by atoms with Gasteiger partial charge < -0.3 is 10.6 Å². The molecule has 2 saturated heterocycles. The first-order valence-electron chi connectivity index (χ1n) is 12.9. The second-order valence-electron chi connectivity index (χ2n) is 10.4. The third kappa shape index (κ3) is 4.37. The number of nitrogens with zero attached hydrogens (tertiary/aromatic N) is 5. The summed E-state index contributed by atoms with van der Waals surface area (Å²) in [6.07, 6.45) is 3.53. The second-order valence-corrected chi connectivity index (χ2v) is 10.4. The van der Waals surface area contributed by atoms with Gasteiger partial charge in [-0.15, -0.1) is 0 Å². The van der Waals surface area contributed by atoms with Crippen LogP contribution in [0.4, 0.5) is 0 Å². The van der Waals surface area contributed by atoms with E-state index in [1.807, 2.05) is 35.2 Å². The maximum Gasteiger partial charge on any atom is 0.269 e. The molecular weight excluding hydrogens is 476 g/mol. The minimum absolute atomic E-state index is 0.0428. The van der Waals surface area contributed by atoms with Gasteiger partial charge in [-0.3, -0.25) is 14.5 Å². The molecule has 1 spiro atoms. The predicted molar refractivity (Wildman–Crippen MR) is 146 cm³/mol. The van der Waals surface area contributed by atoms with Gasteiger partial charge in [0.1, 0.15) is 11.4 Å². The highest BCUT2D eigenvalue weighted by molar-refractivity contribution is 5.91. The van der Waals surface area contributed by atoms with Crippen molar-refractivity contribution in [2.45, 2.75) is 19.4 Å². The van der Waals surface area contributed by atoms with Crippen molar-refractivity contribution >= 4 is 17.5 Å². The van der Waals surface area contributed by atoms with Gasteiger partial charge in [-0.1, -0.05) is 61.2 Å². The first-order chi connectivity index (χ1) is 18.4. The smallest absolute Gasteiger partial charge is 0.269 e. The van der Waals surface area contributed by atoms with Crippen molar-refractivity contribution in [3.63, 3.8) is 0 Å². The molecule has 2 amide bonds. The minimum Gasteiger partial charge on any atom is -0.364 e. The molecule has 0 atom stereocenters. The number of carbonyl (C=O) groups is 2. The van der Waals surface area contributed by atoms with Crippen LogP contribution in [0.2, 0.25) is 0 Å². The Morgan fingerprint density at radius 3 is 2.32 bits per heavy atom. The molecular formula is C30H30N6O2. The third-order valence-electron chi connectivity index (χ3n) is 7.84. The molecule has 0 unspecified atom stereocenters. The van der Waals surface area contributed by atoms with E-state index >= 15 is 0 Å². The topological polar surface area (TPSA) is 96.8 Å². The molecule has 0 aliphatic carbocycles. The molecule has 38 heavy (non-hydrogen) atoms. The molecule has 2 aromatic heterocycles. The number of likely N-dealkylation sites (tertiary alicyclic amines) is 2. The number of rotatable bonds is 6. The van der Waals surface area contributed by atoms with Gasteiger partial charge >= 0.3 is 0 Å². The van der Waals surface area contributed by atoms with Gasteiger partial charge in [0.05, 0.1) is 5.69 Å². The lowest BCUT2D eigenvalue weighted by Gasteiger charge is -2.54. The summed E-state index contributed by atoms with van der Waals surface area (Å²) in [7, 11) is 0.